The van der Waals surface area contributed by atoms with E-state index < -0.39 is 5.60 Å². The topological polar surface area (TPSA) is 74.4 Å². The van der Waals surface area contributed by atoms with Gasteiger partial charge in [-0.1, -0.05) is 13.8 Å². The Balaban J connectivity index is 1.35. The Kier molecular flexibility index (Phi) is 7.43. The van der Waals surface area contributed by atoms with Crippen LogP contribution < -0.4 is 5.32 Å². The molecule has 1 fully saturated rings. The molecule has 2 aromatic rings. The van der Waals surface area contributed by atoms with Gasteiger partial charge in [0.05, 0.1) is 6.04 Å². The summed E-state index contributed by atoms with van der Waals surface area (Å²) in [5.74, 6) is 0.855. The summed E-state index contributed by atoms with van der Waals surface area (Å²) in [6.45, 7) is 11.2. The van der Waals surface area contributed by atoms with Crippen LogP contribution in [0.4, 0.5) is 9.18 Å². The van der Waals surface area contributed by atoms with Crippen LogP contribution in [0, 0.1) is 23.6 Å². The number of carbonyl (C=O) groups excluding carboxylic acids is 2. The van der Waals surface area contributed by atoms with Crippen LogP contribution in [0.1, 0.15) is 84.0 Å². The van der Waals surface area contributed by atoms with E-state index in [1.807, 2.05) is 20.8 Å². The van der Waals surface area contributed by atoms with Crippen LogP contribution in [-0.2, 0) is 16.0 Å². The summed E-state index contributed by atoms with van der Waals surface area (Å²) in [6, 6.07) is 4.88. The van der Waals surface area contributed by atoms with Crippen molar-refractivity contribution < 1.29 is 18.7 Å². The average Bonchev–Trinajstić information content (AvgIpc) is 3.14. The highest BCUT2D eigenvalue weighted by molar-refractivity contribution is 5.86. The quantitative estimate of drug-likeness (QED) is 0.537. The number of rotatable bonds is 5. The van der Waals surface area contributed by atoms with E-state index in [-0.39, 0.29) is 35.7 Å². The van der Waals surface area contributed by atoms with Gasteiger partial charge in [0.2, 0.25) is 5.91 Å². The number of amides is 2. The van der Waals surface area contributed by atoms with E-state index >= 15 is 0 Å². The zero-order valence-electron chi connectivity index (χ0n) is 21.7. The lowest BCUT2D eigenvalue weighted by Gasteiger charge is -2.41. The average molecular weight is 486 g/mol. The summed E-state index contributed by atoms with van der Waals surface area (Å²) in [7, 11) is 0. The van der Waals surface area contributed by atoms with Gasteiger partial charge in [-0.2, -0.15) is 0 Å². The molecule has 0 bridgehead atoms. The normalized spacial score (nSPS) is 22.8. The van der Waals surface area contributed by atoms with Crippen molar-refractivity contribution in [3.63, 3.8) is 0 Å². The third-order valence-corrected chi connectivity index (χ3v) is 7.47. The van der Waals surface area contributed by atoms with Crippen LogP contribution in [-0.4, -0.2) is 40.6 Å². The van der Waals surface area contributed by atoms with Gasteiger partial charge < -0.3 is 19.9 Å². The SMILES string of the molecule is CC(C)C1c2[nH]c3ccc(F)cc3c2CCN1C(=O)[C@H]1CC[C@H](CCNC(=O)OC(C)(C)C)CC1. The third kappa shape index (κ3) is 5.81. The number of nitrogens with zero attached hydrogens (tertiary/aromatic N) is 1. The molecule has 0 saturated heterocycles. The minimum Gasteiger partial charge on any atom is -0.444 e. The van der Waals surface area contributed by atoms with Gasteiger partial charge in [0.1, 0.15) is 11.4 Å². The lowest BCUT2D eigenvalue weighted by atomic mass is 9.79. The molecule has 0 spiro atoms. The Morgan fingerprint density at radius 2 is 1.91 bits per heavy atom. The van der Waals surface area contributed by atoms with E-state index in [0.717, 1.165) is 60.7 Å². The van der Waals surface area contributed by atoms with Crippen LogP contribution in [0.5, 0.6) is 0 Å². The van der Waals surface area contributed by atoms with Crippen molar-refractivity contribution in [1.82, 2.24) is 15.2 Å². The molecule has 2 amide bonds. The highest BCUT2D eigenvalue weighted by Gasteiger charge is 2.38. The predicted molar refractivity (Wildman–Crippen MR) is 136 cm³/mol. The number of nitrogens with one attached hydrogen (secondary N) is 2. The number of carbonyl (C=O) groups is 2. The van der Waals surface area contributed by atoms with E-state index in [9.17, 15) is 14.0 Å². The van der Waals surface area contributed by atoms with Crippen molar-refractivity contribution in [3.8, 4) is 0 Å². The Hall–Kier alpha value is -2.57. The van der Waals surface area contributed by atoms with Gasteiger partial charge >= 0.3 is 6.09 Å². The number of hydrogen-bond acceptors (Lipinski definition) is 3. The molecule has 2 heterocycles. The second-order valence-corrected chi connectivity index (χ2v) is 11.6. The molecular weight excluding hydrogens is 445 g/mol. The summed E-state index contributed by atoms with van der Waals surface area (Å²) in [6.07, 6.45) is 5.08. The molecule has 2 N–H and O–H groups in total. The second kappa shape index (κ2) is 10.2. The van der Waals surface area contributed by atoms with Crippen LogP contribution in [0.25, 0.3) is 10.9 Å². The Morgan fingerprint density at radius 1 is 1.20 bits per heavy atom. The fraction of sp³-hybridized carbons (Fsp3) is 0.643. The number of benzene rings is 1. The zero-order valence-corrected chi connectivity index (χ0v) is 21.7. The number of H-pyrrole nitrogens is 1. The van der Waals surface area contributed by atoms with Gasteiger partial charge in [0, 0.05) is 35.6 Å². The Bertz CT molecular complexity index is 1060. The van der Waals surface area contributed by atoms with E-state index in [1.165, 1.54) is 6.07 Å². The molecule has 1 aromatic carbocycles. The fourth-order valence-corrected chi connectivity index (χ4v) is 5.86. The van der Waals surface area contributed by atoms with E-state index in [2.05, 4.69) is 29.0 Å². The molecule has 35 heavy (non-hydrogen) atoms. The van der Waals surface area contributed by atoms with Gasteiger partial charge in [-0.05, 0) is 94.9 Å². The van der Waals surface area contributed by atoms with Crippen molar-refractivity contribution in [1.29, 1.82) is 0 Å². The van der Waals surface area contributed by atoms with E-state index in [1.54, 1.807) is 12.1 Å². The van der Waals surface area contributed by atoms with E-state index in [4.69, 9.17) is 4.74 Å². The molecule has 1 atom stereocenters. The first-order valence-corrected chi connectivity index (χ1v) is 13.1. The van der Waals surface area contributed by atoms with Gasteiger partial charge in [-0.3, -0.25) is 4.79 Å². The summed E-state index contributed by atoms with van der Waals surface area (Å²) in [5.41, 5.74) is 2.68. The fourth-order valence-electron chi connectivity index (χ4n) is 5.86. The Morgan fingerprint density at radius 3 is 2.57 bits per heavy atom. The van der Waals surface area contributed by atoms with Gasteiger partial charge in [-0.25, -0.2) is 9.18 Å². The van der Waals surface area contributed by atoms with E-state index in [0.29, 0.717) is 19.0 Å². The lowest BCUT2D eigenvalue weighted by molar-refractivity contribution is -0.141. The largest absolute Gasteiger partial charge is 0.444 e. The zero-order chi connectivity index (χ0) is 25.3. The van der Waals surface area contributed by atoms with Crippen LogP contribution >= 0.6 is 0 Å². The maximum absolute atomic E-state index is 13.9. The molecule has 1 unspecified atom stereocenters. The number of aromatic nitrogens is 1. The lowest BCUT2D eigenvalue weighted by Crippen LogP contribution is -2.45. The molecular formula is C28H40FN3O3. The third-order valence-electron chi connectivity index (χ3n) is 7.47. The highest BCUT2D eigenvalue weighted by Crippen LogP contribution is 2.41. The van der Waals surface area contributed by atoms with Crippen LogP contribution in [0.15, 0.2) is 18.2 Å². The van der Waals surface area contributed by atoms with Crippen molar-refractivity contribution in [2.24, 2.45) is 17.8 Å². The van der Waals surface area contributed by atoms with Gasteiger partial charge in [-0.15, -0.1) is 0 Å². The number of ether oxygens (including phenoxy) is 1. The van der Waals surface area contributed by atoms with Gasteiger partial charge in [0.15, 0.2) is 0 Å². The van der Waals surface area contributed by atoms with Crippen LogP contribution in [0.3, 0.4) is 0 Å². The molecule has 1 saturated carbocycles. The van der Waals surface area contributed by atoms with Crippen LogP contribution in [0.2, 0.25) is 0 Å². The molecule has 6 nitrogen and oxygen atoms in total. The smallest absolute Gasteiger partial charge is 0.407 e. The molecule has 4 rings (SSSR count). The summed E-state index contributed by atoms with van der Waals surface area (Å²) >= 11 is 0. The highest BCUT2D eigenvalue weighted by atomic mass is 19.1. The molecule has 1 aliphatic heterocycles. The number of alkyl carbamates (subject to hydrolysis) is 1. The molecule has 1 aliphatic carbocycles. The monoisotopic (exact) mass is 485 g/mol. The standard InChI is InChI=1S/C28H40FN3O3/c1-17(2)25-24-21(22-16-20(29)10-11-23(22)31-24)13-15-32(25)26(33)19-8-6-18(7-9-19)12-14-30-27(34)35-28(3,4)5/h10-11,16-19,25,31H,6-9,12-15H2,1-5H3,(H,30,34)/t18-,19-,25?. The molecule has 1 aromatic heterocycles. The second-order valence-electron chi connectivity index (χ2n) is 11.6. The molecule has 0 radical (unpaired) electrons. The first-order chi connectivity index (χ1) is 16.5. The van der Waals surface area contributed by atoms with Gasteiger partial charge in [0.25, 0.3) is 0 Å². The number of hydrogen-bond donors (Lipinski definition) is 2. The predicted octanol–water partition coefficient (Wildman–Crippen LogP) is 6.11. The molecule has 192 valence electrons. The maximum Gasteiger partial charge on any atom is 0.407 e. The number of halogens is 1. The number of fused-ring (bicyclic) bond motifs is 3. The van der Waals surface area contributed by atoms with Crippen molar-refractivity contribution >= 4 is 22.9 Å². The summed E-state index contributed by atoms with van der Waals surface area (Å²) < 4.78 is 19.2. The number of aromatic amines is 1. The minimum atomic E-state index is -0.491. The summed E-state index contributed by atoms with van der Waals surface area (Å²) in [4.78, 5) is 31.1. The van der Waals surface area contributed by atoms with Crippen molar-refractivity contribution in [2.75, 3.05) is 13.1 Å². The van der Waals surface area contributed by atoms with Crippen molar-refractivity contribution in [3.05, 3.63) is 35.3 Å². The van der Waals surface area contributed by atoms with Crippen molar-refractivity contribution in [2.45, 2.75) is 84.8 Å². The summed E-state index contributed by atoms with van der Waals surface area (Å²) in [5, 5.41) is 3.79. The molecule has 7 heteroatoms. The first kappa shape index (κ1) is 25.5. The first-order valence-electron chi connectivity index (χ1n) is 13.1. The molecule has 2 aliphatic rings. The maximum atomic E-state index is 13.9. The minimum absolute atomic E-state index is 0.0162. The Labute approximate surface area is 208 Å².